The monoisotopic (exact) mass is 305 g/mol. The first-order valence-corrected chi connectivity index (χ1v) is 9.18. The first kappa shape index (κ1) is 17.9. The van der Waals surface area contributed by atoms with Crippen molar-refractivity contribution in [3.8, 4) is 0 Å². The Kier molecular flexibility index (Phi) is 7.43. The molecule has 0 atom stereocenters. The van der Waals surface area contributed by atoms with Crippen molar-refractivity contribution >= 4 is 10.2 Å². The van der Waals surface area contributed by atoms with Crippen LogP contribution in [0.15, 0.2) is 0 Å². The fourth-order valence-corrected chi connectivity index (χ4v) is 4.05. The molecule has 1 N–H and O–H groups in total. The van der Waals surface area contributed by atoms with Gasteiger partial charge in [-0.3, -0.25) is 0 Å². The van der Waals surface area contributed by atoms with Gasteiger partial charge in [-0.05, 0) is 25.8 Å². The second kappa shape index (κ2) is 8.32. The molecule has 1 rings (SSSR count). The van der Waals surface area contributed by atoms with E-state index in [-0.39, 0.29) is 6.04 Å². The Morgan fingerprint density at radius 2 is 1.75 bits per heavy atom. The van der Waals surface area contributed by atoms with Gasteiger partial charge in [-0.1, -0.05) is 33.1 Å². The van der Waals surface area contributed by atoms with Crippen LogP contribution in [0.25, 0.3) is 0 Å². The normalized spacial score (nSPS) is 18.4. The number of nitrogens with zero attached hydrogens (tertiary/aromatic N) is 2. The first-order valence-electron chi connectivity index (χ1n) is 7.78. The zero-order valence-corrected chi connectivity index (χ0v) is 14.2. The third-order valence-corrected chi connectivity index (χ3v) is 6.05. The zero-order valence-electron chi connectivity index (χ0n) is 13.4. The fraction of sp³-hybridized carbons (Fsp3) is 1.00. The highest BCUT2D eigenvalue weighted by molar-refractivity contribution is 7.86. The molecule has 0 amide bonds. The minimum Gasteiger partial charge on any atom is -0.314 e. The van der Waals surface area contributed by atoms with Crippen molar-refractivity contribution in [2.75, 3.05) is 27.2 Å². The molecule has 6 heteroatoms. The van der Waals surface area contributed by atoms with Gasteiger partial charge in [0.2, 0.25) is 0 Å². The van der Waals surface area contributed by atoms with Gasteiger partial charge in [0.05, 0.1) is 0 Å². The second-order valence-corrected chi connectivity index (χ2v) is 8.19. The van der Waals surface area contributed by atoms with Gasteiger partial charge in [0.25, 0.3) is 10.2 Å². The predicted molar refractivity (Wildman–Crippen MR) is 83.9 cm³/mol. The van der Waals surface area contributed by atoms with Crippen LogP contribution in [0.5, 0.6) is 0 Å². The largest absolute Gasteiger partial charge is 0.314 e. The predicted octanol–water partition coefficient (Wildman–Crippen LogP) is 1.82. The summed E-state index contributed by atoms with van der Waals surface area (Å²) in [5.74, 6) is 0. The van der Waals surface area contributed by atoms with Crippen molar-refractivity contribution in [2.24, 2.45) is 0 Å². The standard InChI is InChI=1S/C14H31N3O2S/c1-13(2)15-11-8-12-16(3)20(18,19)17(4)14-9-6-5-7-10-14/h13-15H,5-12H2,1-4H3. The lowest BCUT2D eigenvalue weighted by Gasteiger charge is -2.33. The molecule has 0 aromatic heterocycles. The van der Waals surface area contributed by atoms with E-state index in [1.807, 2.05) is 0 Å². The first-order chi connectivity index (χ1) is 9.35. The molecule has 1 saturated carbocycles. The van der Waals surface area contributed by atoms with Crippen LogP contribution in [0.4, 0.5) is 0 Å². The number of nitrogens with one attached hydrogen (secondary N) is 1. The molecule has 0 aliphatic heterocycles. The molecule has 20 heavy (non-hydrogen) atoms. The van der Waals surface area contributed by atoms with Crippen LogP contribution < -0.4 is 5.32 Å². The van der Waals surface area contributed by atoms with Crippen LogP contribution in [-0.2, 0) is 10.2 Å². The highest BCUT2D eigenvalue weighted by atomic mass is 32.2. The molecule has 1 aliphatic carbocycles. The van der Waals surface area contributed by atoms with E-state index in [1.165, 1.54) is 10.7 Å². The van der Waals surface area contributed by atoms with Crippen LogP contribution in [0, 0.1) is 0 Å². The third-order valence-electron chi connectivity index (χ3n) is 4.05. The van der Waals surface area contributed by atoms with Gasteiger partial charge in [-0.2, -0.15) is 17.0 Å². The molecule has 0 bridgehead atoms. The molecule has 0 heterocycles. The summed E-state index contributed by atoms with van der Waals surface area (Å²) in [6.45, 7) is 5.61. The van der Waals surface area contributed by atoms with Gasteiger partial charge in [0.1, 0.15) is 0 Å². The Morgan fingerprint density at radius 3 is 2.30 bits per heavy atom. The van der Waals surface area contributed by atoms with E-state index in [1.54, 1.807) is 18.4 Å². The van der Waals surface area contributed by atoms with Crippen molar-refractivity contribution in [1.29, 1.82) is 0 Å². The van der Waals surface area contributed by atoms with E-state index in [0.717, 1.165) is 38.6 Å². The molecule has 5 nitrogen and oxygen atoms in total. The summed E-state index contributed by atoms with van der Waals surface area (Å²) in [6, 6.07) is 0.631. The van der Waals surface area contributed by atoms with Gasteiger partial charge in [-0.25, -0.2) is 0 Å². The molecule has 0 aromatic carbocycles. The fourth-order valence-electron chi connectivity index (χ4n) is 2.66. The Morgan fingerprint density at radius 1 is 1.15 bits per heavy atom. The summed E-state index contributed by atoms with van der Waals surface area (Å²) in [4.78, 5) is 0. The van der Waals surface area contributed by atoms with E-state index < -0.39 is 10.2 Å². The lowest BCUT2D eigenvalue weighted by molar-refractivity contribution is 0.268. The van der Waals surface area contributed by atoms with Crippen molar-refractivity contribution in [3.63, 3.8) is 0 Å². The zero-order chi connectivity index (χ0) is 15.2. The van der Waals surface area contributed by atoms with Crippen LogP contribution in [0.2, 0.25) is 0 Å². The van der Waals surface area contributed by atoms with Gasteiger partial charge < -0.3 is 5.32 Å². The molecule has 0 aromatic rings. The van der Waals surface area contributed by atoms with Crippen LogP contribution in [0.1, 0.15) is 52.4 Å². The van der Waals surface area contributed by atoms with Gasteiger partial charge in [0, 0.05) is 32.7 Å². The lowest BCUT2D eigenvalue weighted by atomic mass is 9.96. The summed E-state index contributed by atoms with van der Waals surface area (Å²) in [7, 11) is 0.114. The summed E-state index contributed by atoms with van der Waals surface area (Å²) in [6.07, 6.45) is 6.36. The molecule has 0 unspecified atom stereocenters. The van der Waals surface area contributed by atoms with Crippen molar-refractivity contribution in [3.05, 3.63) is 0 Å². The molecule has 1 fully saturated rings. The van der Waals surface area contributed by atoms with Gasteiger partial charge in [-0.15, -0.1) is 0 Å². The second-order valence-electron chi connectivity index (χ2n) is 6.10. The van der Waals surface area contributed by atoms with E-state index in [9.17, 15) is 8.42 Å². The Bertz CT molecular complexity index is 365. The van der Waals surface area contributed by atoms with Crippen molar-refractivity contribution in [2.45, 2.75) is 64.5 Å². The van der Waals surface area contributed by atoms with E-state index >= 15 is 0 Å². The number of rotatable bonds is 8. The minimum atomic E-state index is -3.30. The van der Waals surface area contributed by atoms with Gasteiger partial charge in [0.15, 0.2) is 0 Å². The third kappa shape index (κ3) is 5.31. The van der Waals surface area contributed by atoms with Crippen molar-refractivity contribution in [1.82, 2.24) is 13.9 Å². The minimum absolute atomic E-state index is 0.185. The lowest BCUT2D eigenvalue weighted by Crippen LogP contribution is -2.46. The van der Waals surface area contributed by atoms with Gasteiger partial charge >= 0.3 is 0 Å². The van der Waals surface area contributed by atoms with E-state index in [4.69, 9.17) is 0 Å². The van der Waals surface area contributed by atoms with Crippen LogP contribution in [0.3, 0.4) is 0 Å². The number of hydrogen-bond donors (Lipinski definition) is 1. The maximum Gasteiger partial charge on any atom is 0.281 e. The molecule has 0 radical (unpaired) electrons. The van der Waals surface area contributed by atoms with E-state index in [0.29, 0.717) is 12.6 Å². The smallest absolute Gasteiger partial charge is 0.281 e. The van der Waals surface area contributed by atoms with Crippen LogP contribution >= 0.6 is 0 Å². The van der Waals surface area contributed by atoms with E-state index in [2.05, 4.69) is 19.2 Å². The molecular weight excluding hydrogens is 274 g/mol. The molecular formula is C14H31N3O2S. The maximum absolute atomic E-state index is 12.5. The van der Waals surface area contributed by atoms with Crippen LogP contribution in [-0.4, -0.2) is 56.3 Å². The molecule has 0 saturated heterocycles. The highest BCUT2D eigenvalue weighted by Gasteiger charge is 2.30. The summed E-state index contributed by atoms with van der Waals surface area (Å²) in [5.41, 5.74) is 0. The molecule has 120 valence electrons. The highest BCUT2D eigenvalue weighted by Crippen LogP contribution is 2.24. The average Bonchev–Trinajstić information content (AvgIpc) is 2.43. The Balaban J connectivity index is 2.44. The topological polar surface area (TPSA) is 52.7 Å². The molecule has 0 spiro atoms. The molecule has 1 aliphatic rings. The quantitative estimate of drug-likeness (QED) is 0.696. The summed E-state index contributed by atoms with van der Waals surface area (Å²) < 4.78 is 28.1. The average molecular weight is 305 g/mol. The Hall–Kier alpha value is -0.170. The maximum atomic E-state index is 12.5. The van der Waals surface area contributed by atoms with Crippen molar-refractivity contribution < 1.29 is 8.42 Å². The number of hydrogen-bond acceptors (Lipinski definition) is 3. The summed E-state index contributed by atoms with van der Waals surface area (Å²) in [5, 5.41) is 3.31. The Labute approximate surface area is 124 Å². The SMILES string of the molecule is CC(C)NCCCN(C)S(=O)(=O)N(C)C1CCCCC1. The summed E-state index contributed by atoms with van der Waals surface area (Å²) >= 11 is 0.